The number of anilines is 1. The third-order valence-corrected chi connectivity index (χ3v) is 8.55. The molecule has 2 heterocycles. The van der Waals surface area contributed by atoms with Crippen molar-refractivity contribution in [1.29, 1.82) is 0 Å². The lowest BCUT2D eigenvalue weighted by Crippen LogP contribution is -2.27. The van der Waals surface area contributed by atoms with Gasteiger partial charge >= 0.3 is 5.97 Å². The highest BCUT2D eigenvalue weighted by Gasteiger charge is 2.38. The van der Waals surface area contributed by atoms with Crippen molar-refractivity contribution in [3.8, 4) is 0 Å². The molecule has 2 aliphatic heterocycles. The van der Waals surface area contributed by atoms with Gasteiger partial charge in [0.1, 0.15) is 7.05 Å². The van der Waals surface area contributed by atoms with Crippen LogP contribution in [0.1, 0.15) is 32.8 Å². The highest BCUT2D eigenvalue weighted by atomic mass is 32.2. The van der Waals surface area contributed by atoms with Gasteiger partial charge in [0.25, 0.3) is 0 Å². The number of hydrogen-bond acceptors (Lipinski definition) is 5. The van der Waals surface area contributed by atoms with Gasteiger partial charge in [-0.1, -0.05) is 36.9 Å². The molecule has 4 nitrogen and oxygen atoms in total. The number of esters is 1. The summed E-state index contributed by atoms with van der Waals surface area (Å²) in [5.74, 6) is -0.207. The number of carbonyl (C=O) groups excluding carboxylic acids is 1. The summed E-state index contributed by atoms with van der Waals surface area (Å²) < 4.78 is 7.24. The minimum Gasteiger partial charge on any atom is -0.469 e. The lowest BCUT2D eigenvalue weighted by Gasteiger charge is -2.19. The lowest BCUT2D eigenvalue weighted by molar-refractivity contribution is -0.516. The van der Waals surface area contributed by atoms with Crippen LogP contribution < -0.4 is 4.90 Å². The monoisotopic (exact) mass is 467 g/mol. The van der Waals surface area contributed by atoms with Crippen LogP contribution in [-0.2, 0) is 16.0 Å². The number of thioether (sulfide) groups is 2. The van der Waals surface area contributed by atoms with Crippen LogP contribution in [0, 0.1) is 0 Å². The van der Waals surface area contributed by atoms with Crippen molar-refractivity contribution in [2.45, 2.75) is 49.8 Å². The molecular weight excluding hydrogens is 436 g/mol. The number of allylic oxidation sites excluding steroid dienone is 4. The summed E-state index contributed by atoms with van der Waals surface area (Å²) >= 11 is 3.76. The molecule has 168 valence electrons. The number of fused-ring (bicyclic) bond motifs is 2. The number of ether oxygens (including phenoxy) is 1. The lowest BCUT2D eigenvalue weighted by atomic mass is 10.0. The van der Waals surface area contributed by atoms with Crippen LogP contribution in [0.5, 0.6) is 0 Å². The molecule has 2 unspecified atom stereocenters. The van der Waals surface area contributed by atoms with Gasteiger partial charge in [-0.25, -0.2) is 4.58 Å². The number of carbonyl (C=O) groups is 1. The van der Waals surface area contributed by atoms with E-state index in [1.54, 1.807) is 11.8 Å². The molecule has 0 spiro atoms. The number of benzene rings is 1. The predicted molar refractivity (Wildman–Crippen MR) is 137 cm³/mol. The third kappa shape index (κ3) is 4.62. The quantitative estimate of drug-likeness (QED) is 0.404. The molecule has 0 amide bonds. The molecule has 0 fully saturated rings. The molecule has 0 radical (unpaired) electrons. The van der Waals surface area contributed by atoms with Crippen molar-refractivity contribution < 1.29 is 14.1 Å². The van der Waals surface area contributed by atoms with Gasteiger partial charge in [-0.3, -0.25) is 4.79 Å². The Kier molecular flexibility index (Phi) is 7.01. The molecule has 4 rings (SSSR count). The van der Waals surface area contributed by atoms with Crippen LogP contribution in [0.2, 0.25) is 0 Å². The van der Waals surface area contributed by atoms with Gasteiger partial charge in [0.2, 0.25) is 5.04 Å². The van der Waals surface area contributed by atoms with E-state index in [-0.39, 0.29) is 5.97 Å². The molecule has 1 aromatic carbocycles. The second kappa shape index (κ2) is 9.75. The Hall–Kier alpha value is -2.18. The van der Waals surface area contributed by atoms with E-state index in [4.69, 9.17) is 4.74 Å². The normalized spacial score (nSPS) is 23.5. The van der Waals surface area contributed by atoms with Crippen LogP contribution in [-0.4, -0.2) is 47.6 Å². The van der Waals surface area contributed by atoms with Gasteiger partial charge in [-0.05, 0) is 73.0 Å². The van der Waals surface area contributed by atoms with Crippen molar-refractivity contribution in [3.05, 3.63) is 70.3 Å². The molecule has 0 saturated heterocycles. The first kappa shape index (κ1) is 23.0. The van der Waals surface area contributed by atoms with E-state index in [1.165, 1.54) is 38.9 Å². The SMILES string of the molecule is CCC(=CC1=[N+](C)C2C=C(C)C=CC2S1)C=C1Sc2ccc(CC(=O)OC)cc2N1CC. The van der Waals surface area contributed by atoms with E-state index in [2.05, 4.69) is 79.8 Å². The first-order chi connectivity index (χ1) is 15.4. The van der Waals surface area contributed by atoms with E-state index in [9.17, 15) is 4.79 Å². The zero-order valence-corrected chi connectivity index (χ0v) is 21.1. The second-order valence-electron chi connectivity index (χ2n) is 8.25. The number of rotatable bonds is 6. The van der Waals surface area contributed by atoms with Crippen LogP contribution in [0.15, 0.2) is 69.6 Å². The van der Waals surface area contributed by atoms with Gasteiger partial charge in [0, 0.05) is 17.5 Å². The molecule has 1 aliphatic carbocycles. The van der Waals surface area contributed by atoms with E-state index >= 15 is 0 Å². The van der Waals surface area contributed by atoms with Gasteiger partial charge in [0.15, 0.2) is 6.04 Å². The molecule has 6 heteroatoms. The number of hydrogen-bond donors (Lipinski definition) is 0. The Morgan fingerprint density at radius 3 is 2.84 bits per heavy atom. The van der Waals surface area contributed by atoms with E-state index in [0.717, 1.165) is 18.5 Å². The molecular formula is C26H31N2O2S2+. The van der Waals surface area contributed by atoms with Gasteiger partial charge in [-0.2, -0.15) is 0 Å². The van der Waals surface area contributed by atoms with E-state index in [0.29, 0.717) is 17.7 Å². The van der Waals surface area contributed by atoms with Gasteiger partial charge in [-0.15, -0.1) is 0 Å². The first-order valence-electron chi connectivity index (χ1n) is 11.1. The topological polar surface area (TPSA) is 32.5 Å². The number of likely N-dealkylation sites (N-methyl/N-ethyl adjacent to an activating group) is 1. The zero-order chi connectivity index (χ0) is 22.8. The van der Waals surface area contributed by atoms with E-state index in [1.807, 2.05) is 17.8 Å². The predicted octanol–water partition coefficient (Wildman–Crippen LogP) is 5.55. The summed E-state index contributed by atoms with van der Waals surface area (Å²) in [4.78, 5) is 15.3. The highest BCUT2D eigenvalue weighted by molar-refractivity contribution is 8.15. The highest BCUT2D eigenvalue weighted by Crippen LogP contribution is 2.46. The maximum absolute atomic E-state index is 11.7. The smallest absolute Gasteiger partial charge is 0.309 e. The maximum atomic E-state index is 11.7. The van der Waals surface area contributed by atoms with Crippen molar-refractivity contribution in [3.63, 3.8) is 0 Å². The molecule has 0 saturated carbocycles. The standard InChI is InChI=1S/C26H31N2O2S2/c1-6-18(14-24-27(4)20-12-17(3)8-10-22(20)31-24)15-25-28(7-2)21-13-19(16-26(29)30-5)9-11-23(21)32-25/h8-15,20,22H,6-7,16H2,1-5H3/q+1. The summed E-state index contributed by atoms with van der Waals surface area (Å²) in [6, 6.07) is 6.71. The summed E-state index contributed by atoms with van der Waals surface area (Å²) in [6.07, 6.45) is 12.9. The minimum atomic E-state index is -0.207. The molecule has 0 aromatic heterocycles. The van der Waals surface area contributed by atoms with Crippen LogP contribution in [0.3, 0.4) is 0 Å². The minimum absolute atomic E-state index is 0.207. The summed E-state index contributed by atoms with van der Waals surface area (Å²) in [7, 11) is 3.64. The Balaban J connectivity index is 1.60. The largest absolute Gasteiger partial charge is 0.469 e. The Labute approximate surface area is 199 Å². The molecule has 3 aliphatic rings. The van der Waals surface area contributed by atoms with Gasteiger partial charge < -0.3 is 9.64 Å². The molecule has 0 bridgehead atoms. The van der Waals surface area contributed by atoms with Crippen molar-refractivity contribution >= 4 is 40.2 Å². The second-order valence-corrected chi connectivity index (χ2v) is 10.5. The molecule has 32 heavy (non-hydrogen) atoms. The Morgan fingerprint density at radius 1 is 1.31 bits per heavy atom. The Morgan fingerprint density at radius 2 is 2.12 bits per heavy atom. The van der Waals surface area contributed by atoms with Crippen LogP contribution in [0.4, 0.5) is 5.69 Å². The molecule has 2 atom stereocenters. The van der Waals surface area contributed by atoms with Crippen molar-refractivity contribution in [2.75, 3.05) is 25.6 Å². The van der Waals surface area contributed by atoms with Crippen molar-refractivity contribution in [2.24, 2.45) is 0 Å². The number of methoxy groups -OCH3 is 1. The van der Waals surface area contributed by atoms with Crippen LogP contribution in [0.25, 0.3) is 0 Å². The summed E-state index contributed by atoms with van der Waals surface area (Å²) in [5, 5.41) is 3.06. The summed E-state index contributed by atoms with van der Waals surface area (Å²) in [6.45, 7) is 7.45. The maximum Gasteiger partial charge on any atom is 0.309 e. The van der Waals surface area contributed by atoms with E-state index < -0.39 is 0 Å². The first-order valence-corrected chi connectivity index (χ1v) is 12.8. The zero-order valence-electron chi connectivity index (χ0n) is 19.4. The Bertz CT molecular complexity index is 1080. The molecule has 1 aromatic rings. The van der Waals surface area contributed by atoms with Crippen molar-refractivity contribution in [1.82, 2.24) is 0 Å². The summed E-state index contributed by atoms with van der Waals surface area (Å²) in [5.41, 5.74) is 4.83. The average molecular weight is 468 g/mol. The fourth-order valence-corrected chi connectivity index (χ4v) is 6.75. The van der Waals surface area contributed by atoms with Gasteiger partial charge in [0.05, 0.1) is 29.5 Å². The molecule has 0 N–H and O–H groups in total. The average Bonchev–Trinajstić information content (AvgIpc) is 3.29. The third-order valence-electron chi connectivity index (χ3n) is 6.08. The fraction of sp³-hybridized carbons (Fsp3) is 0.385. The van der Waals surface area contributed by atoms with Crippen LogP contribution >= 0.6 is 23.5 Å². The fourth-order valence-electron chi connectivity index (χ4n) is 4.22. The number of nitrogens with zero attached hydrogens (tertiary/aromatic N) is 2.